The highest BCUT2D eigenvalue weighted by atomic mass is 19.1. The molecule has 1 fully saturated rings. The minimum absolute atomic E-state index is 0.0291. The lowest BCUT2D eigenvalue weighted by Gasteiger charge is -2.40. The molecule has 0 spiro atoms. The first kappa shape index (κ1) is 22.0. The summed E-state index contributed by atoms with van der Waals surface area (Å²) in [5.74, 6) is 0.420. The lowest BCUT2D eigenvalue weighted by molar-refractivity contribution is 0.0539. The Hall–Kier alpha value is -3.81. The number of anilines is 1. The Morgan fingerprint density at radius 2 is 2.03 bits per heavy atom. The average molecular weight is 460 g/mol. The zero-order valence-corrected chi connectivity index (χ0v) is 19.2. The van der Waals surface area contributed by atoms with E-state index in [9.17, 15) is 9.18 Å². The largest absolute Gasteiger partial charge is 0.423 e. The second kappa shape index (κ2) is 9.21. The van der Waals surface area contributed by atoms with Gasteiger partial charge in [-0.05, 0) is 49.4 Å². The van der Waals surface area contributed by atoms with Gasteiger partial charge in [-0.15, -0.1) is 0 Å². The van der Waals surface area contributed by atoms with Gasteiger partial charge in [0, 0.05) is 37.1 Å². The van der Waals surface area contributed by atoms with Crippen LogP contribution in [0.3, 0.4) is 0 Å². The summed E-state index contributed by atoms with van der Waals surface area (Å²) in [6, 6.07) is 12.0. The summed E-state index contributed by atoms with van der Waals surface area (Å²) >= 11 is 0. The first-order valence-electron chi connectivity index (χ1n) is 11.5. The number of nitrogens with zero attached hydrogens (tertiary/aromatic N) is 4. The molecule has 0 aliphatic carbocycles. The Kier molecular flexibility index (Phi) is 5.96. The molecule has 0 unspecified atom stereocenters. The standard InChI is InChI=1S/C26H26FN5O2/c1-16-7-4-13-32(21(16)15-30-26-31-20-10-9-18(27)14-22(20)34-26)25(33)23-17(2)6-3-8-19(23)24-28-11-5-12-29-24/h3,5-6,8-12,14,16,21H,4,7,13,15H2,1-2H3,(H,30,31)/t16-,21-/m1/s1. The number of oxazole rings is 1. The first-order chi connectivity index (χ1) is 16.5. The van der Waals surface area contributed by atoms with Crippen LogP contribution in [0.2, 0.25) is 0 Å². The summed E-state index contributed by atoms with van der Waals surface area (Å²) < 4.78 is 19.2. The van der Waals surface area contributed by atoms with Crippen LogP contribution in [-0.4, -0.2) is 44.9 Å². The predicted molar refractivity (Wildman–Crippen MR) is 128 cm³/mol. The van der Waals surface area contributed by atoms with Crippen LogP contribution in [-0.2, 0) is 0 Å². The van der Waals surface area contributed by atoms with Crippen LogP contribution in [0.4, 0.5) is 10.4 Å². The number of rotatable bonds is 5. The van der Waals surface area contributed by atoms with E-state index in [1.807, 2.05) is 30.0 Å². The van der Waals surface area contributed by atoms with E-state index in [1.165, 1.54) is 12.1 Å². The van der Waals surface area contributed by atoms with Crippen molar-refractivity contribution in [1.29, 1.82) is 0 Å². The summed E-state index contributed by atoms with van der Waals surface area (Å²) in [7, 11) is 0. The van der Waals surface area contributed by atoms with Crippen molar-refractivity contribution in [2.24, 2.45) is 5.92 Å². The van der Waals surface area contributed by atoms with E-state index in [0.717, 1.165) is 24.0 Å². The van der Waals surface area contributed by atoms with Crippen LogP contribution in [0.15, 0.2) is 59.3 Å². The molecule has 1 saturated heterocycles. The number of aromatic nitrogens is 3. The van der Waals surface area contributed by atoms with Gasteiger partial charge in [-0.3, -0.25) is 4.79 Å². The molecule has 2 aromatic carbocycles. The number of likely N-dealkylation sites (tertiary alicyclic amines) is 1. The quantitative estimate of drug-likeness (QED) is 0.448. The third-order valence-electron chi connectivity index (χ3n) is 6.48. The fraction of sp³-hybridized carbons (Fsp3) is 0.308. The van der Waals surface area contributed by atoms with E-state index in [2.05, 4.69) is 27.2 Å². The average Bonchev–Trinajstić information content (AvgIpc) is 3.25. The fourth-order valence-corrected chi connectivity index (χ4v) is 4.70. The van der Waals surface area contributed by atoms with Crippen LogP contribution in [0.5, 0.6) is 0 Å². The number of nitrogens with one attached hydrogen (secondary N) is 1. The van der Waals surface area contributed by atoms with Crippen molar-refractivity contribution in [2.45, 2.75) is 32.7 Å². The molecule has 2 aromatic heterocycles. The number of carbonyl (C=O) groups is 1. The zero-order chi connectivity index (χ0) is 23.7. The van der Waals surface area contributed by atoms with E-state index in [4.69, 9.17) is 4.42 Å². The number of carbonyl (C=O) groups excluding carboxylic acids is 1. The molecule has 3 heterocycles. The van der Waals surface area contributed by atoms with E-state index >= 15 is 0 Å². The maximum Gasteiger partial charge on any atom is 0.295 e. The first-order valence-corrected chi connectivity index (χ1v) is 11.5. The van der Waals surface area contributed by atoms with E-state index < -0.39 is 0 Å². The minimum Gasteiger partial charge on any atom is -0.423 e. The second-order valence-electron chi connectivity index (χ2n) is 8.77. The summed E-state index contributed by atoms with van der Waals surface area (Å²) in [6.45, 7) is 5.24. The van der Waals surface area contributed by atoms with Crippen molar-refractivity contribution < 1.29 is 13.6 Å². The Bertz CT molecular complexity index is 1320. The second-order valence-corrected chi connectivity index (χ2v) is 8.77. The summed E-state index contributed by atoms with van der Waals surface area (Å²) in [5.41, 5.74) is 3.22. The van der Waals surface area contributed by atoms with Crippen molar-refractivity contribution in [3.05, 3.63) is 71.8 Å². The molecule has 1 aliphatic heterocycles. The molecule has 34 heavy (non-hydrogen) atoms. The van der Waals surface area contributed by atoms with Gasteiger partial charge in [0.2, 0.25) is 0 Å². The van der Waals surface area contributed by atoms with E-state index in [-0.39, 0.29) is 23.7 Å². The highest BCUT2D eigenvalue weighted by molar-refractivity contribution is 6.01. The van der Waals surface area contributed by atoms with Gasteiger partial charge in [0.15, 0.2) is 11.4 Å². The van der Waals surface area contributed by atoms with Crippen molar-refractivity contribution in [3.8, 4) is 11.4 Å². The minimum atomic E-state index is -0.371. The van der Waals surface area contributed by atoms with Gasteiger partial charge < -0.3 is 14.6 Å². The number of aryl methyl sites for hydroxylation is 1. The van der Waals surface area contributed by atoms with Crippen LogP contribution >= 0.6 is 0 Å². The smallest absolute Gasteiger partial charge is 0.295 e. The molecule has 5 rings (SSSR count). The van der Waals surface area contributed by atoms with Crippen molar-refractivity contribution in [2.75, 3.05) is 18.4 Å². The topological polar surface area (TPSA) is 84.2 Å². The molecule has 2 atom stereocenters. The maximum atomic E-state index is 13.9. The summed E-state index contributed by atoms with van der Waals surface area (Å²) in [6.07, 6.45) is 5.33. The zero-order valence-electron chi connectivity index (χ0n) is 19.2. The molecule has 4 aromatic rings. The fourth-order valence-electron chi connectivity index (χ4n) is 4.70. The normalized spacial score (nSPS) is 18.3. The molecule has 0 saturated carbocycles. The van der Waals surface area contributed by atoms with E-state index in [1.54, 1.807) is 24.5 Å². The molecule has 1 amide bonds. The molecule has 0 radical (unpaired) electrons. The summed E-state index contributed by atoms with van der Waals surface area (Å²) in [4.78, 5) is 29.0. The number of fused-ring (bicyclic) bond motifs is 1. The van der Waals surface area contributed by atoms with Gasteiger partial charge in [0.05, 0.1) is 11.6 Å². The third-order valence-corrected chi connectivity index (χ3v) is 6.48. The SMILES string of the molecule is Cc1cccc(-c2ncccn2)c1C(=O)N1CCC[C@@H](C)[C@H]1CNc1nc2ccc(F)cc2o1. The van der Waals surface area contributed by atoms with Crippen LogP contribution in [0.25, 0.3) is 22.5 Å². The molecular weight excluding hydrogens is 433 g/mol. The van der Waals surface area contributed by atoms with Crippen LogP contribution < -0.4 is 5.32 Å². The maximum absolute atomic E-state index is 13.9. The molecule has 174 valence electrons. The molecule has 1 N–H and O–H groups in total. The number of hydrogen-bond acceptors (Lipinski definition) is 6. The lowest BCUT2D eigenvalue weighted by Crippen LogP contribution is -2.51. The van der Waals surface area contributed by atoms with Crippen LogP contribution in [0.1, 0.15) is 35.7 Å². The Labute approximate surface area is 197 Å². The van der Waals surface area contributed by atoms with Crippen molar-refractivity contribution in [3.63, 3.8) is 0 Å². The molecule has 7 nitrogen and oxygen atoms in total. The number of hydrogen-bond donors (Lipinski definition) is 1. The Morgan fingerprint density at radius 1 is 1.21 bits per heavy atom. The van der Waals surface area contributed by atoms with Crippen molar-refractivity contribution in [1.82, 2.24) is 19.9 Å². The number of piperidine rings is 1. The Balaban J connectivity index is 1.42. The van der Waals surface area contributed by atoms with Crippen LogP contribution in [0, 0.1) is 18.7 Å². The lowest BCUT2D eigenvalue weighted by atomic mass is 9.89. The van der Waals surface area contributed by atoms with E-state index in [0.29, 0.717) is 41.6 Å². The Morgan fingerprint density at radius 3 is 2.85 bits per heavy atom. The summed E-state index contributed by atoms with van der Waals surface area (Å²) in [5, 5.41) is 3.23. The molecule has 1 aliphatic rings. The molecular formula is C26H26FN5O2. The number of halogens is 1. The van der Waals surface area contributed by atoms with Gasteiger partial charge in [-0.1, -0.05) is 25.1 Å². The molecule has 0 bridgehead atoms. The highest BCUT2D eigenvalue weighted by Gasteiger charge is 2.34. The van der Waals surface area contributed by atoms with Gasteiger partial charge >= 0.3 is 0 Å². The van der Waals surface area contributed by atoms with Gasteiger partial charge in [0.25, 0.3) is 11.9 Å². The van der Waals surface area contributed by atoms with Gasteiger partial charge in [0.1, 0.15) is 11.3 Å². The predicted octanol–water partition coefficient (Wildman–Crippen LogP) is 5.09. The monoisotopic (exact) mass is 459 g/mol. The van der Waals surface area contributed by atoms with Crippen molar-refractivity contribution >= 4 is 23.0 Å². The number of amides is 1. The number of benzene rings is 2. The molecule has 8 heteroatoms. The van der Waals surface area contributed by atoms with Gasteiger partial charge in [-0.2, -0.15) is 4.98 Å². The third kappa shape index (κ3) is 4.23. The van der Waals surface area contributed by atoms with Gasteiger partial charge in [-0.25, -0.2) is 14.4 Å². The highest BCUT2D eigenvalue weighted by Crippen LogP contribution is 2.30.